The van der Waals surface area contributed by atoms with Crippen molar-refractivity contribution in [1.82, 2.24) is 15.7 Å². The summed E-state index contributed by atoms with van der Waals surface area (Å²) >= 11 is 6.25. The summed E-state index contributed by atoms with van der Waals surface area (Å²) in [6.07, 6.45) is 0. The predicted octanol–water partition coefficient (Wildman–Crippen LogP) is 4.38. The molecule has 0 unspecified atom stereocenters. The molecule has 0 aliphatic heterocycles. The Bertz CT molecular complexity index is 704. The summed E-state index contributed by atoms with van der Waals surface area (Å²) in [7, 11) is 0. The second kappa shape index (κ2) is 5.31. The summed E-state index contributed by atoms with van der Waals surface area (Å²) in [6, 6.07) is 19.0. The van der Waals surface area contributed by atoms with Crippen molar-refractivity contribution < 1.29 is 0 Å². The molecule has 0 spiro atoms. The predicted molar refractivity (Wildman–Crippen MR) is 80.7 cm³/mol. The largest absolute Gasteiger partial charge is 0.282 e. The number of benzene rings is 2. The molecule has 0 bridgehead atoms. The second-order valence-corrected chi connectivity index (χ2v) is 4.65. The molecular weight excluding hydrogens is 270 g/mol. The van der Waals surface area contributed by atoms with Crippen molar-refractivity contribution in [2.75, 3.05) is 0 Å². The van der Waals surface area contributed by atoms with Gasteiger partial charge in [-0.15, -0.1) is 0 Å². The third-order valence-corrected chi connectivity index (χ3v) is 3.23. The van der Waals surface area contributed by atoms with E-state index in [9.17, 15) is 0 Å². The van der Waals surface area contributed by atoms with Crippen LogP contribution in [-0.2, 0) is 0 Å². The lowest BCUT2D eigenvalue weighted by Crippen LogP contribution is -1.95. The zero-order valence-electron chi connectivity index (χ0n) is 10.5. The van der Waals surface area contributed by atoms with Crippen molar-refractivity contribution in [3.05, 3.63) is 65.8 Å². The number of aromatic nitrogens is 2. The summed E-state index contributed by atoms with van der Waals surface area (Å²) in [5, 5.41) is 0.301. The molecule has 3 nitrogen and oxygen atoms in total. The van der Waals surface area contributed by atoms with Crippen molar-refractivity contribution in [3.63, 3.8) is 0 Å². The van der Waals surface area contributed by atoms with Gasteiger partial charge in [0.25, 0.3) is 0 Å². The van der Waals surface area contributed by atoms with Gasteiger partial charge in [-0.25, -0.2) is 9.97 Å². The summed E-state index contributed by atoms with van der Waals surface area (Å²) in [5.74, 6) is 0.607. The Morgan fingerprint density at radius 2 is 1.30 bits per heavy atom. The third kappa shape index (κ3) is 2.36. The molecule has 0 atom stereocenters. The molecule has 0 aliphatic rings. The quantitative estimate of drug-likeness (QED) is 0.654. The standard InChI is InChI=1S/C16H11ClN3/c17-14-13(11-7-3-1-4-8-11)15(18)20-16(19-14)12-9-5-2-6-10-12/h1-10,18H. The monoisotopic (exact) mass is 280 g/mol. The molecule has 97 valence electrons. The molecular formula is C16H11ClN3. The molecule has 20 heavy (non-hydrogen) atoms. The lowest BCUT2D eigenvalue weighted by atomic mass is 10.1. The van der Waals surface area contributed by atoms with E-state index in [1.807, 2.05) is 60.7 Å². The van der Waals surface area contributed by atoms with Gasteiger partial charge in [0.1, 0.15) is 5.15 Å². The number of nitrogens with zero attached hydrogens (tertiary/aromatic N) is 2. The van der Waals surface area contributed by atoms with Crippen molar-refractivity contribution in [2.45, 2.75) is 0 Å². The molecule has 0 aliphatic carbocycles. The first-order chi connectivity index (χ1) is 9.75. The number of hydrogen-bond donors (Lipinski definition) is 0. The maximum absolute atomic E-state index is 8.10. The number of hydrogen-bond acceptors (Lipinski definition) is 2. The normalized spacial score (nSPS) is 10.4. The van der Waals surface area contributed by atoms with Crippen LogP contribution >= 0.6 is 11.6 Å². The second-order valence-electron chi connectivity index (χ2n) is 4.29. The Morgan fingerprint density at radius 3 is 1.85 bits per heavy atom. The highest BCUT2D eigenvalue weighted by Gasteiger charge is 2.13. The number of rotatable bonds is 2. The van der Waals surface area contributed by atoms with Crippen molar-refractivity contribution in [3.8, 4) is 22.5 Å². The SMILES string of the molecule is [NH]c1nc(-c2ccccc2)nc(Cl)c1-c1ccccc1. The maximum Gasteiger partial charge on any atom is 0.163 e. The summed E-state index contributed by atoms with van der Waals surface area (Å²) in [5.41, 5.74) is 10.4. The highest BCUT2D eigenvalue weighted by atomic mass is 35.5. The van der Waals surface area contributed by atoms with Crippen molar-refractivity contribution in [2.24, 2.45) is 0 Å². The Labute approximate surface area is 122 Å². The van der Waals surface area contributed by atoms with E-state index < -0.39 is 0 Å². The summed E-state index contributed by atoms with van der Waals surface area (Å²) < 4.78 is 0. The van der Waals surface area contributed by atoms with Gasteiger partial charge in [-0.3, -0.25) is 5.73 Å². The third-order valence-electron chi connectivity index (χ3n) is 2.96. The molecule has 2 aromatic carbocycles. The zero-order valence-corrected chi connectivity index (χ0v) is 11.3. The van der Waals surface area contributed by atoms with Crippen LogP contribution in [0, 0.1) is 0 Å². The van der Waals surface area contributed by atoms with Crippen LogP contribution in [0.15, 0.2) is 60.7 Å². The van der Waals surface area contributed by atoms with E-state index in [1.54, 1.807) is 0 Å². The molecule has 4 heteroatoms. The molecule has 1 N–H and O–H groups in total. The van der Waals surface area contributed by atoms with E-state index in [-0.39, 0.29) is 5.82 Å². The van der Waals surface area contributed by atoms with E-state index in [0.717, 1.165) is 11.1 Å². The van der Waals surface area contributed by atoms with Gasteiger partial charge in [-0.1, -0.05) is 72.3 Å². The summed E-state index contributed by atoms with van der Waals surface area (Å²) in [6.45, 7) is 0. The Balaban J connectivity index is 2.13. The van der Waals surface area contributed by atoms with Crippen LogP contribution in [0.2, 0.25) is 5.15 Å². The van der Waals surface area contributed by atoms with Gasteiger partial charge in [0.2, 0.25) is 0 Å². The van der Waals surface area contributed by atoms with Gasteiger partial charge in [0.05, 0.1) is 5.56 Å². The van der Waals surface area contributed by atoms with E-state index >= 15 is 0 Å². The van der Waals surface area contributed by atoms with Crippen LogP contribution < -0.4 is 5.73 Å². The van der Waals surface area contributed by atoms with Gasteiger partial charge >= 0.3 is 0 Å². The fourth-order valence-electron chi connectivity index (χ4n) is 2.01. The molecule has 1 heterocycles. The average Bonchev–Trinajstić information content (AvgIpc) is 2.48. The van der Waals surface area contributed by atoms with Crippen molar-refractivity contribution in [1.29, 1.82) is 0 Å². The van der Waals surface area contributed by atoms with Crippen LogP contribution in [0.1, 0.15) is 0 Å². The Kier molecular flexibility index (Phi) is 3.35. The Hall–Kier alpha value is -2.39. The molecule has 1 aromatic heterocycles. The van der Waals surface area contributed by atoms with Gasteiger partial charge in [-0.05, 0) is 5.56 Å². The molecule has 0 saturated carbocycles. The van der Waals surface area contributed by atoms with Gasteiger partial charge in [-0.2, -0.15) is 0 Å². The van der Waals surface area contributed by atoms with Crippen molar-refractivity contribution >= 4 is 17.4 Å². The first-order valence-corrected chi connectivity index (χ1v) is 6.53. The fourth-order valence-corrected chi connectivity index (χ4v) is 2.29. The zero-order chi connectivity index (χ0) is 13.9. The molecule has 1 radical (unpaired) electrons. The van der Waals surface area contributed by atoms with E-state index in [4.69, 9.17) is 17.3 Å². The maximum atomic E-state index is 8.10. The van der Waals surface area contributed by atoms with E-state index in [0.29, 0.717) is 16.5 Å². The first-order valence-electron chi connectivity index (χ1n) is 6.15. The minimum Gasteiger partial charge on any atom is -0.282 e. The molecule has 3 aromatic rings. The average molecular weight is 281 g/mol. The topological polar surface area (TPSA) is 49.6 Å². The van der Waals surface area contributed by atoms with E-state index in [2.05, 4.69) is 9.97 Å². The summed E-state index contributed by atoms with van der Waals surface area (Å²) in [4.78, 5) is 8.57. The van der Waals surface area contributed by atoms with Crippen LogP contribution in [0.3, 0.4) is 0 Å². The lowest BCUT2D eigenvalue weighted by molar-refractivity contribution is 1.15. The van der Waals surface area contributed by atoms with Gasteiger partial charge in [0.15, 0.2) is 11.6 Å². The molecule has 0 fully saturated rings. The van der Waals surface area contributed by atoms with Crippen LogP contribution in [0.25, 0.3) is 22.5 Å². The van der Waals surface area contributed by atoms with Crippen LogP contribution in [0.4, 0.5) is 5.82 Å². The number of halogens is 1. The fraction of sp³-hybridized carbons (Fsp3) is 0. The Morgan fingerprint density at radius 1 is 0.750 bits per heavy atom. The molecule has 3 rings (SSSR count). The van der Waals surface area contributed by atoms with Crippen LogP contribution in [-0.4, -0.2) is 9.97 Å². The highest BCUT2D eigenvalue weighted by Crippen LogP contribution is 2.33. The smallest absolute Gasteiger partial charge is 0.163 e. The number of nitrogens with one attached hydrogen (secondary N) is 1. The minimum absolute atomic E-state index is 0.134. The van der Waals surface area contributed by atoms with Crippen LogP contribution in [0.5, 0.6) is 0 Å². The highest BCUT2D eigenvalue weighted by molar-refractivity contribution is 6.32. The van der Waals surface area contributed by atoms with Gasteiger partial charge < -0.3 is 0 Å². The minimum atomic E-state index is 0.134. The molecule has 0 amide bonds. The molecule has 0 saturated heterocycles. The lowest BCUT2D eigenvalue weighted by Gasteiger charge is -2.08. The first kappa shape index (κ1) is 12.6. The van der Waals surface area contributed by atoms with Gasteiger partial charge in [0, 0.05) is 5.56 Å². The van der Waals surface area contributed by atoms with E-state index in [1.165, 1.54) is 0 Å².